The van der Waals surface area contributed by atoms with Crippen molar-refractivity contribution in [2.45, 2.75) is 64.1 Å². The molecule has 0 aliphatic carbocycles. The van der Waals surface area contributed by atoms with Gasteiger partial charge in [-0.2, -0.15) is 0 Å². The van der Waals surface area contributed by atoms with Gasteiger partial charge < -0.3 is 14.6 Å². The first kappa shape index (κ1) is 17.8. The van der Waals surface area contributed by atoms with E-state index in [1.807, 2.05) is 0 Å². The quantitative estimate of drug-likeness (QED) is 0.403. The number of carbonyl (C=O) groups is 1. The van der Waals surface area contributed by atoms with Gasteiger partial charge >= 0.3 is 5.97 Å². The molecule has 120 valence electrons. The predicted molar refractivity (Wildman–Crippen MR) is 82.7 cm³/mol. The molecule has 3 atom stereocenters. The van der Waals surface area contributed by atoms with E-state index >= 15 is 0 Å². The summed E-state index contributed by atoms with van der Waals surface area (Å²) in [7, 11) is 1.31. The van der Waals surface area contributed by atoms with Crippen LogP contribution in [0.25, 0.3) is 0 Å². The van der Waals surface area contributed by atoms with Crippen molar-refractivity contribution < 1.29 is 19.4 Å². The summed E-state index contributed by atoms with van der Waals surface area (Å²) in [5.74, 6) is -0.619. The Morgan fingerprint density at radius 3 is 2.52 bits per heavy atom. The highest BCUT2D eigenvalue weighted by molar-refractivity contribution is 5.88. The summed E-state index contributed by atoms with van der Waals surface area (Å²) in [4.78, 5) is 11.6. The van der Waals surface area contributed by atoms with Crippen LogP contribution in [-0.2, 0) is 14.3 Å². The molecule has 21 heavy (non-hydrogen) atoms. The first-order chi connectivity index (χ1) is 10.0. The molecule has 0 aromatic heterocycles. The second-order valence-corrected chi connectivity index (χ2v) is 5.67. The summed E-state index contributed by atoms with van der Waals surface area (Å²) in [6.07, 6.45) is 6.83. The van der Waals surface area contributed by atoms with Crippen LogP contribution in [-0.4, -0.2) is 30.4 Å². The maximum absolute atomic E-state index is 11.6. The van der Waals surface area contributed by atoms with E-state index in [0.717, 1.165) is 19.3 Å². The number of methoxy groups -OCH3 is 1. The number of unbranched alkanes of at least 4 members (excludes halogenated alkanes) is 5. The highest BCUT2D eigenvalue weighted by Crippen LogP contribution is 2.36. The molecule has 1 saturated heterocycles. The molecule has 0 radical (unpaired) electrons. The van der Waals surface area contributed by atoms with Gasteiger partial charge in [0.2, 0.25) is 0 Å². The molecule has 1 aliphatic heterocycles. The first-order valence-electron chi connectivity index (χ1n) is 7.83. The van der Waals surface area contributed by atoms with Crippen molar-refractivity contribution >= 4 is 5.97 Å². The summed E-state index contributed by atoms with van der Waals surface area (Å²) in [5, 5.41) is 10.1. The van der Waals surface area contributed by atoms with Crippen molar-refractivity contribution in [2.24, 2.45) is 5.92 Å². The fraction of sp³-hybridized carbons (Fsp3) is 0.706. The van der Waals surface area contributed by atoms with Crippen LogP contribution >= 0.6 is 0 Å². The monoisotopic (exact) mass is 296 g/mol. The van der Waals surface area contributed by atoms with Gasteiger partial charge in [-0.3, -0.25) is 0 Å². The predicted octanol–water partition coefficient (Wildman–Crippen LogP) is 3.36. The topological polar surface area (TPSA) is 55.8 Å². The molecule has 0 aromatic rings. The van der Waals surface area contributed by atoms with Gasteiger partial charge in [0.25, 0.3) is 0 Å². The van der Waals surface area contributed by atoms with Crippen LogP contribution in [0.5, 0.6) is 0 Å². The Kier molecular flexibility index (Phi) is 7.51. The minimum atomic E-state index is -0.873. The number of carbonyl (C=O) groups excluding carboxylic acids is 1. The Labute approximate surface area is 127 Å². The van der Waals surface area contributed by atoms with E-state index in [0.29, 0.717) is 5.76 Å². The van der Waals surface area contributed by atoms with Crippen LogP contribution in [0.3, 0.4) is 0 Å². The molecule has 0 unspecified atom stereocenters. The molecule has 0 amide bonds. The summed E-state index contributed by atoms with van der Waals surface area (Å²) < 4.78 is 10.3. The maximum atomic E-state index is 11.6. The molecule has 0 aromatic carbocycles. The Morgan fingerprint density at radius 2 is 1.90 bits per heavy atom. The van der Waals surface area contributed by atoms with Crippen molar-refractivity contribution in [3.05, 3.63) is 24.5 Å². The third-order valence-corrected chi connectivity index (χ3v) is 4.07. The lowest BCUT2D eigenvalue weighted by atomic mass is 9.88. The fourth-order valence-corrected chi connectivity index (χ4v) is 2.79. The number of rotatable bonds is 9. The molecule has 0 spiro atoms. The lowest BCUT2D eigenvalue weighted by Crippen LogP contribution is -2.29. The minimum Gasteiger partial charge on any atom is -0.492 e. The van der Waals surface area contributed by atoms with E-state index in [1.54, 1.807) is 0 Å². The van der Waals surface area contributed by atoms with Gasteiger partial charge in [0, 0.05) is 5.57 Å². The van der Waals surface area contributed by atoms with E-state index in [9.17, 15) is 9.90 Å². The smallest absolute Gasteiger partial charge is 0.333 e. The molecular formula is C17H28O4. The van der Waals surface area contributed by atoms with Gasteiger partial charge in [-0.05, 0) is 12.8 Å². The Morgan fingerprint density at radius 1 is 1.29 bits per heavy atom. The van der Waals surface area contributed by atoms with E-state index in [-0.39, 0.29) is 11.7 Å². The van der Waals surface area contributed by atoms with Crippen LogP contribution in [0, 0.1) is 5.92 Å². The highest BCUT2D eigenvalue weighted by atomic mass is 16.5. The van der Waals surface area contributed by atoms with Crippen LogP contribution in [0.1, 0.15) is 51.9 Å². The zero-order valence-corrected chi connectivity index (χ0v) is 13.3. The standard InChI is InChI=1S/C17H28O4/c1-5-6-7-8-9-10-11-14-15(12(2)17(19)20-4)16(18)13(3)21-14/h14-16,18H,2-3,5-11H2,1,4H3/t14-,15-,16+/m1/s1. The number of hydrogen-bond donors (Lipinski definition) is 1. The molecular weight excluding hydrogens is 268 g/mol. The average molecular weight is 296 g/mol. The minimum absolute atomic E-state index is 0.231. The second-order valence-electron chi connectivity index (χ2n) is 5.67. The van der Waals surface area contributed by atoms with Crippen LogP contribution < -0.4 is 0 Å². The molecule has 4 heteroatoms. The van der Waals surface area contributed by atoms with Crippen LogP contribution in [0.15, 0.2) is 24.5 Å². The molecule has 0 bridgehead atoms. The molecule has 0 saturated carbocycles. The highest BCUT2D eigenvalue weighted by Gasteiger charge is 2.43. The Bertz CT molecular complexity index is 375. The summed E-state index contributed by atoms with van der Waals surface area (Å²) >= 11 is 0. The largest absolute Gasteiger partial charge is 0.492 e. The average Bonchev–Trinajstić information content (AvgIpc) is 2.76. The molecule has 1 aliphatic rings. The Hall–Kier alpha value is -1.29. The van der Waals surface area contributed by atoms with Gasteiger partial charge in [0.15, 0.2) is 0 Å². The van der Waals surface area contributed by atoms with Gasteiger partial charge in [-0.1, -0.05) is 52.2 Å². The number of esters is 1. The van der Waals surface area contributed by atoms with E-state index in [1.165, 1.54) is 32.8 Å². The molecule has 4 nitrogen and oxygen atoms in total. The second kappa shape index (κ2) is 8.88. The molecule has 1 rings (SSSR count). The molecule has 1 heterocycles. The number of aliphatic hydroxyl groups excluding tert-OH is 1. The van der Waals surface area contributed by atoms with Crippen molar-refractivity contribution in [3.8, 4) is 0 Å². The van der Waals surface area contributed by atoms with Crippen molar-refractivity contribution in [1.29, 1.82) is 0 Å². The van der Waals surface area contributed by atoms with E-state index in [2.05, 4.69) is 20.1 Å². The zero-order chi connectivity index (χ0) is 15.8. The van der Waals surface area contributed by atoms with E-state index < -0.39 is 18.0 Å². The van der Waals surface area contributed by atoms with Gasteiger partial charge in [0.05, 0.1) is 13.0 Å². The Balaban J connectivity index is 2.48. The van der Waals surface area contributed by atoms with Crippen molar-refractivity contribution in [1.82, 2.24) is 0 Å². The van der Waals surface area contributed by atoms with Crippen LogP contribution in [0.4, 0.5) is 0 Å². The number of aliphatic hydroxyl groups is 1. The molecule has 1 N–H and O–H groups in total. The van der Waals surface area contributed by atoms with Gasteiger partial charge in [-0.15, -0.1) is 0 Å². The third kappa shape index (κ3) is 4.88. The SMILES string of the molecule is C=C(C(=O)OC)[C@@H]1[C@@H](CCCCCCCC)OC(=C)[C@@H]1O. The number of ether oxygens (including phenoxy) is 2. The summed E-state index contributed by atoms with van der Waals surface area (Å²) in [5.41, 5.74) is 0.264. The number of hydrogen-bond acceptors (Lipinski definition) is 4. The lowest BCUT2D eigenvalue weighted by Gasteiger charge is -2.20. The maximum Gasteiger partial charge on any atom is 0.333 e. The summed E-state index contributed by atoms with van der Waals surface area (Å²) in [6, 6.07) is 0. The van der Waals surface area contributed by atoms with E-state index in [4.69, 9.17) is 9.47 Å². The first-order valence-corrected chi connectivity index (χ1v) is 7.83. The molecule has 1 fully saturated rings. The van der Waals surface area contributed by atoms with Gasteiger partial charge in [-0.25, -0.2) is 4.79 Å². The van der Waals surface area contributed by atoms with Crippen molar-refractivity contribution in [3.63, 3.8) is 0 Å². The third-order valence-electron chi connectivity index (χ3n) is 4.07. The fourth-order valence-electron chi connectivity index (χ4n) is 2.79. The lowest BCUT2D eigenvalue weighted by molar-refractivity contribution is -0.137. The van der Waals surface area contributed by atoms with Crippen molar-refractivity contribution in [2.75, 3.05) is 7.11 Å². The summed E-state index contributed by atoms with van der Waals surface area (Å²) in [6.45, 7) is 9.66. The normalized spacial score (nSPS) is 24.7. The van der Waals surface area contributed by atoms with Crippen LogP contribution in [0.2, 0.25) is 0 Å². The zero-order valence-electron chi connectivity index (χ0n) is 13.3. The van der Waals surface area contributed by atoms with Gasteiger partial charge in [0.1, 0.15) is 18.0 Å².